The number of thiophene rings is 1. The van der Waals surface area contributed by atoms with Gasteiger partial charge in [0, 0.05) is 54.1 Å². The predicted molar refractivity (Wildman–Crippen MR) is 112 cm³/mol. The number of ether oxygens (including phenoxy) is 1. The lowest BCUT2D eigenvalue weighted by molar-refractivity contribution is 0.0596. The first-order chi connectivity index (χ1) is 13.7. The summed E-state index contributed by atoms with van der Waals surface area (Å²) in [7, 11) is 1.65. The first kappa shape index (κ1) is 17.8. The van der Waals surface area contributed by atoms with Gasteiger partial charge in [-0.05, 0) is 54.5 Å². The minimum absolute atomic E-state index is 0.104. The molecule has 0 unspecified atom stereocenters. The molecule has 2 aliphatic rings. The first-order valence-electron chi connectivity index (χ1n) is 9.96. The number of rotatable bonds is 3. The second kappa shape index (κ2) is 7.26. The number of hydrogen-bond acceptors (Lipinski definition) is 4. The largest absolute Gasteiger partial charge is 0.497 e. The van der Waals surface area contributed by atoms with Gasteiger partial charge in [0.1, 0.15) is 11.4 Å². The van der Waals surface area contributed by atoms with E-state index < -0.39 is 0 Å². The maximum absolute atomic E-state index is 13.0. The molecule has 146 valence electrons. The number of hydrogen-bond donors (Lipinski definition) is 1. The molecule has 0 atom stereocenters. The molecular formula is C22H25N3O2S. The molecule has 0 aliphatic carbocycles. The molecule has 1 N–H and O–H groups in total. The highest BCUT2D eigenvalue weighted by Gasteiger charge is 2.30. The Kier molecular flexibility index (Phi) is 4.61. The molecule has 1 aromatic carbocycles. The lowest BCUT2D eigenvalue weighted by atomic mass is 9.99. The van der Waals surface area contributed by atoms with Crippen molar-refractivity contribution in [1.82, 2.24) is 14.8 Å². The summed E-state index contributed by atoms with van der Waals surface area (Å²) in [6, 6.07) is 10.7. The van der Waals surface area contributed by atoms with Gasteiger partial charge in [0.25, 0.3) is 5.91 Å². The van der Waals surface area contributed by atoms with Crippen molar-refractivity contribution < 1.29 is 9.53 Å². The molecule has 0 spiro atoms. The maximum Gasteiger partial charge on any atom is 0.270 e. The van der Waals surface area contributed by atoms with Crippen molar-refractivity contribution in [2.24, 2.45) is 0 Å². The third kappa shape index (κ3) is 3.20. The van der Waals surface area contributed by atoms with E-state index >= 15 is 0 Å². The Morgan fingerprint density at radius 1 is 1.18 bits per heavy atom. The smallest absolute Gasteiger partial charge is 0.270 e. The van der Waals surface area contributed by atoms with E-state index in [2.05, 4.69) is 21.3 Å². The molecule has 6 heteroatoms. The zero-order chi connectivity index (χ0) is 19.1. The fourth-order valence-corrected chi connectivity index (χ4v) is 5.42. The number of aromatic amines is 1. The van der Waals surface area contributed by atoms with Crippen molar-refractivity contribution in [1.29, 1.82) is 0 Å². The highest BCUT2D eigenvalue weighted by molar-refractivity contribution is 7.10. The fourth-order valence-electron chi connectivity index (χ4n) is 4.53. The summed E-state index contributed by atoms with van der Waals surface area (Å²) >= 11 is 1.89. The Labute approximate surface area is 168 Å². The molecule has 2 aromatic heterocycles. The van der Waals surface area contributed by atoms with Crippen LogP contribution in [0.25, 0.3) is 10.9 Å². The molecule has 1 saturated heterocycles. The Balaban J connectivity index is 1.24. The SMILES string of the molecule is COc1ccc2cc(C(=O)N3CCC(N4CCc5sccc5C4)CC3)[nH]c2c1. The minimum atomic E-state index is 0.104. The summed E-state index contributed by atoms with van der Waals surface area (Å²) in [6.45, 7) is 3.88. The molecular weight excluding hydrogens is 370 g/mol. The van der Waals surface area contributed by atoms with Crippen LogP contribution in [0, 0.1) is 0 Å². The van der Waals surface area contributed by atoms with E-state index in [9.17, 15) is 4.79 Å². The molecule has 5 nitrogen and oxygen atoms in total. The van der Waals surface area contributed by atoms with Crippen LogP contribution in [0.5, 0.6) is 5.75 Å². The Bertz CT molecular complexity index is 1000. The zero-order valence-electron chi connectivity index (χ0n) is 16.1. The number of aromatic nitrogens is 1. The molecule has 5 rings (SSSR count). The van der Waals surface area contributed by atoms with E-state index in [0.717, 1.165) is 55.7 Å². The Hall–Kier alpha value is -2.31. The molecule has 0 bridgehead atoms. The van der Waals surface area contributed by atoms with Crippen LogP contribution in [0.2, 0.25) is 0 Å². The van der Waals surface area contributed by atoms with E-state index in [-0.39, 0.29) is 5.91 Å². The third-order valence-corrected chi connectivity index (χ3v) is 7.19. The minimum Gasteiger partial charge on any atom is -0.497 e. The van der Waals surface area contributed by atoms with Crippen LogP contribution in [0.15, 0.2) is 35.7 Å². The lowest BCUT2D eigenvalue weighted by Crippen LogP contribution is -2.48. The van der Waals surface area contributed by atoms with E-state index in [1.165, 1.54) is 12.0 Å². The van der Waals surface area contributed by atoms with Gasteiger partial charge in [-0.25, -0.2) is 0 Å². The lowest BCUT2D eigenvalue weighted by Gasteiger charge is -2.40. The van der Waals surface area contributed by atoms with Crippen LogP contribution in [-0.4, -0.2) is 53.5 Å². The second-order valence-electron chi connectivity index (χ2n) is 7.75. The summed E-state index contributed by atoms with van der Waals surface area (Å²) in [4.78, 5) is 22.4. The molecule has 1 amide bonds. The summed E-state index contributed by atoms with van der Waals surface area (Å²) < 4.78 is 5.28. The number of carbonyl (C=O) groups is 1. The zero-order valence-corrected chi connectivity index (χ0v) is 16.9. The summed E-state index contributed by atoms with van der Waals surface area (Å²) in [5, 5.41) is 3.25. The number of carbonyl (C=O) groups excluding carboxylic acids is 1. The number of likely N-dealkylation sites (tertiary alicyclic amines) is 1. The van der Waals surface area contributed by atoms with Gasteiger partial charge < -0.3 is 14.6 Å². The monoisotopic (exact) mass is 395 g/mol. The van der Waals surface area contributed by atoms with Crippen molar-refractivity contribution in [2.75, 3.05) is 26.7 Å². The number of nitrogens with zero attached hydrogens (tertiary/aromatic N) is 2. The molecule has 3 aromatic rings. The predicted octanol–water partition coefficient (Wildman–Crippen LogP) is 3.90. The number of piperidine rings is 1. The number of nitrogens with one attached hydrogen (secondary N) is 1. The van der Waals surface area contributed by atoms with E-state index in [1.54, 1.807) is 12.0 Å². The van der Waals surface area contributed by atoms with E-state index in [0.29, 0.717) is 11.7 Å². The standard InChI is InChI=1S/C22H25N3O2S/c1-27-18-3-2-15-12-20(23-19(15)13-18)22(26)24-8-4-17(5-9-24)25-10-6-21-16(14-25)7-11-28-21/h2-3,7,11-13,17,23H,4-6,8-10,14H2,1H3. The van der Waals surface area contributed by atoms with Crippen LogP contribution < -0.4 is 4.74 Å². The third-order valence-electron chi connectivity index (χ3n) is 6.17. The van der Waals surface area contributed by atoms with Crippen LogP contribution in [0.4, 0.5) is 0 Å². The summed E-state index contributed by atoms with van der Waals surface area (Å²) in [5.41, 5.74) is 3.11. The Morgan fingerprint density at radius 2 is 2.04 bits per heavy atom. The molecule has 2 aliphatic heterocycles. The van der Waals surface area contributed by atoms with Gasteiger partial charge in [-0.1, -0.05) is 0 Å². The van der Waals surface area contributed by atoms with Crippen LogP contribution in [0.1, 0.15) is 33.8 Å². The second-order valence-corrected chi connectivity index (χ2v) is 8.75. The quantitative estimate of drug-likeness (QED) is 0.732. The summed E-state index contributed by atoms with van der Waals surface area (Å²) in [6.07, 6.45) is 3.28. The summed E-state index contributed by atoms with van der Waals surface area (Å²) in [5.74, 6) is 0.900. The average Bonchev–Trinajstić information content (AvgIpc) is 3.38. The van der Waals surface area contributed by atoms with E-state index in [4.69, 9.17) is 4.74 Å². The van der Waals surface area contributed by atoms with Crippen molar-refractivity contribution in [3.8, 4) is 5.75 Å². The molecule has 28 heavy (non-hydrogen) atoms. The highest BCUT2D eigenvalue weighted by Crippen LogP contribution is 2.29. The van der Waals surface area contributed by atoms with Gasteiger partial charge in [-0.15, -0.1) is 11.3 Å². The average molecular weight is 396 g/mol. The van der Waals surface area contributed by atoms with Crippen molar-refractivity contribution in [2.45, 2.75) is 31.8 Å². The fraction of sp³-hybridized carbons (Fsp3) is 0.409. The number of amides is 1. The molecule has 0 radical (unpaired) electrons. The molecule has 1 fully saturated rings. The van der Waals surface area contributed by atoms with Gasteiger partial charge in [-0.2, -0.15) is 0 Å². The van der Waals surface area contributed by atoms with Crippen molar-refractivity contribution in [3.05, 3.63) is 51.8 Å². The molecule has 4 heterocycles. The maximum atomic E-state index is 13.0. The van der Waals surface area contributed by atoms with E-state index in [1.807, 2.05) is 40.5 Å². The number of H-pyrrole nitrogens is 1. The topological polar surface area (TPSA) is 48.6 Å². The van der Waals surface area contributed by atoms with Crippen LogP contribution in [0.3, 0.4) is 0 Å². The number of fused-ring (bicyclic) bond motifs is 2. The van der Waals surface area contributed by atoms with Crippen molar-refractivity contribution in [3.63, 3.8) is 0 Å². The molecule has 0 saturated carbocycles. The van der Waals surface area contributed by atoms with Crippen LogP contribution in [-0.2, 0) is 13.0 Å². The van der Waals surface area contributed by atoms with Crippen molar-refractivity contribution >= 4 is 28.1 Å². The van der Waals surface area contributed by atoms with Gasteiger partial charge in [0.2, 0.25) is 0 Å². The number of benzene rings is 1. The van der Waals surface area contributed by atoms with Gasteiger partial charge >= 0.3 is 0 Å². The Morgan fingerprint density at radius 3 is 2.86 bits per heavy atom. The van der Waals surface area contributed by atoms with Gasteiger partial charge in [0.05, 0.1) is 7.11 Å². The van der Waals surface area contributed by atoms with Gasteiger partial charge in [-0.3, -0.25) is 9.69 Å². The first-order valence-corrected chi connectivity index (χ1v) is 10.8. The van der Waals surface area contributed by atoms with Gasteiger partial charge in [0.15, 0.2) is 0 Å². The number of methoxy groups -OCH3 is 1. The normalized spacial score (nSPS) is 18.4. The highest BCUT2D eigenvalue weighted by atomic mass is 32.1. The van der Waals surface area contributed by atoms with Crippen LogP contribution >= 0.6 is 11.3 Å².